The predicted octanol–water partition coefficient (Wildman–Crippen LogP) is 2.35. The first-order valence-electron chi connectivity index (χ1n) is 6.84. The van der Waals surface area contributed by atoms with E-state index >= 15 is 0 Å². The fraction of sp³-hybridized carbons (Fsp3) is 0.786. The molecule has 1 heterocycles. The number of rotatable bonds is 4. The molecule has 0 aliphatic carbocycles. The summed E-state index contributed by atoms with van der Waals surface area (Å²) in [6.07, 6.45) is -0.500. The SMILES string of the molecule is C=C(Cl)CN1CCO[C@H]([C@@H](C)NC(=O)OC(C)(C)C)C1. The molecule has 116 valence electrons. The quantitative estimate of drug-likeness (QED) is 0.866. The van der Waals surface area contributed by atoms with Crippen LogP contribution in [0.3, 0.4) is 0 Å². The van der Waals surface area contributed by atoms with Crippen molar-refractivity contribution < 1.29 is 14.3 Å². The molecular formula is C14H25ClN2O3. The van der Waals surface area contributed by atoms with Gasteiger partial charge in [-0.2, -0.15) is 0 Å². The summed E-state index contributed by atoms with van der Waals surface area (Å²) in [5.41, 5.74) is -0.500. The summed E-state index contributed by atoms with van der Waals surface area (Å²) in [5, 5.41) is 3.42. The van der Waals surface area contributed by atoms with Crippen LogP contribution in [-0.4, -0.2) is 55.0 Å². The fourth-order valence-electron chi connectivity index (χ4n) is 2.01. The van der Waals surface area contributed by atoms with E-state index in [1.165, 1.54) is 0 Å². The van der Waals surface area contributed by atoms with Gasteiger partial charge in [0.25, 0.3) is 0 Å². The van der Waals surface area contributed by atoms with E-state index in [4.69, 9.17) is 21.1 Å². The minimum Gasteiger partial charge on any atom is -0.444 e. The molecule has 1 saturated heterocycles. The number of halogens is 1. The second-order valence-corrected chi connectivity index (χ2v) is 6.63. The molecule has 1 aliphatic rings. The zero-order chi connectivity index (χ0) is 15.3. The third-order valence-electron chi connectivity index (χ3n) is 2.87. The largest absolute Gasteiger partial charge is 0.444 e. The van der Waals surface area contributed by atoms with E-state index in [1.54, 1.807) is 0 Å². The Balaban J connectivity index is 2.44. The third-order valence-corrected chi connectivity index (χ3v) is 2.99. The Bertz CT molecular complexity index is 355. The molecule has 5 nitrogen and oxygen atoms in total. The van der Waals surface area contributed by atoms with Crippen molar-refractivity contribution in [2.24, 2.45) is 0 Å². The highest BCUT2D eigenvalue weighted by Crippen LogP contribution is 2.13. The summed E-state index contributed by atoms with van der Waals surface area (Å²) in [4.78, 5) is 13.9. The van der Waals surface area contributed by atoms with E-state index in [1.807, 2.05) is 27.7 Å². The smallest absolute Gasteiger partial charge is 0.407 e. The third kappa shape index (κ3) is 6.59. The van der Waals surface area contributed by atoms with E-state index in [9.17, 15) is 4.79 Å². The molecule has 0 aromatic heterocycles. The van der Waals surface area contributed by atoms with Gasteiger partial charge in [0.15, 0.2) is 0 Å². The Morgan fingerprint density at radius 2 is 2.25 bits per heavy atom. The summed E-state index contributed by atoms with van der Waals surface area (Å²) in [5.74, 6) is 0. The lowest BCUT2D eigenvalue weighted by molar-refractivity contribution is -0.0418. The van der Waals surface area contributed by atoms with Gasteiger partial charge in [0.05, 0.1) is 18.8 Å². The van der Waals surface area contributed by atoms with Crippen molar-refractivity contribution in [3.8, 4) is 0 Å². The van der Waals surface area contributed by atoms with E-state index < -0.39 is 11.7 Å². The Morgan fingerprint density at radius 3 is 2.80 bits per heavy atom. The van der Waals surface area contributed by atoms with Crippen LogP contribution in [0.25, 0.3) is 0 Å². The summed E-state index contributed by atoms with van der Waals surface area (Å²) >= 11 is 5.83. The van der Waals surface area contributed by atoms with Crippen LogP contribution in [0, 0.1) is 0 Å². The molecule has 1 amide bonds. The number of hydrogen-bond donors (Lipinski definition) is 1. The fourth-order valence-corrected chi connectivity index (χ4v) is 2.18. The summed E-state index contributed by atoms with van der Waals surface area (Å²) in [6, 6.07) is -0.128. The Hall–Kier alpha value is -0.780. The Labute approximate surface area is 126 Å². The Morgan fingerprint density at radius 1 is 1.60 bits per heavy atom. The maximum absolute atomic E-state index is 11.7. The van der Waals surface area contributed by atoms with Crippen LogP contribution >= 0.6 is 11.6 Å². The monoisotopic (exact) mass is 304 g/mol. The normalized spacial score (nSPS) is 22.1. The first kappa shape index (κ1) is 17.3. The number of hydrogen-bond acceptors (Lipinski definition) is 4. The highest BCUT2D eigenvalue weighted by Gasteiger charge is 2.27. The lowest BCUT2D eigenvalue weighted by Crippen LogP contribution is -2.53. The molecular weight excluding hydrogens is 280 g/mol. The summed E-state index contributed by atoms with van der Waals surface area (Å²) in [6.45, 7) is 13.9. The van der Waals surface area contributed by atoms with Crippen molar-refractivity contribution in [3.05, 3.63) is 11.6 Å². The van der Waals surface area contributed by atoms with Crippen molar-refractivity contribution in [3.63, 3.8) is 0 Å². The van der Waals surface area contributed by atoms with Crippen molar-refractivity contribution in [2.45, 2.75) is 45.4 Å². The van der Waals surface area contributed by atoms with Crippen LogP contribution in [-0.2, 0) is 9.47 Å². The maximum atomic E-state index is 11.7. The molecule has 1 rings (SSSR count). The standard InChI is InChI=1S/C14H25ClN2O3/c1-10(15)8-17-6-7-19-12(9-17)11(2)16-13(18)20-14(3,4)5/h11-12H,1,6-9H2,2-5H3,(H,16,18)/t11-,12+/m1/s1. The first-order chi connectivity index (χ1) is 9.17. The molecule has 0 aromatic carbocycles. The molecule has 0 unspecified atom stereocenters. The van der Waals surface area contributed by atoms with Crippen molar-refractivity contribution in [1.29, 1.82) is 0 Å². The van der Waals surface area contributed by atoms with Crippen molar-refractivity contribution >= 4 is 17.7 Å². The summed E-state index contributed by atoms with van der Waals surface area (Å²) in [7, 11) is 0. The number of amides is 1. The average molecular weight is 305 g/mol. The molecule has 1 N–H and O–H groups in total. The lowest BCUT2D eigenvalue weighted by Gasteiger charge is -2.36. The van der Waals surface area contributed by atoms with Gasteiger partial charge >= 0.3 is 6.09 Å². The molecule has 2 atom stereocenters. The molecule has 0 spiro atoms. The van der Waals surface area contributed by atoms with Gasteiger partial charge in [-0.3, -0.25) is 4.90 Å². The van der Waals surface area contributed by atoms with Gasteiger partial charge in [-0.15, -0.1) is 0 Å². The number of morpholine rings is 1. The van der Waals surface area contributed by atoms with Crippen LogP contribution in [0.4, 0.5) is 4.79 Å². The average Bonchev–Trinajstić information content (AvgIpc) is 2.25. The van der Waals surface area contributed by atoms with E-state index in [0.717, 1.165) is 6.54 Å². The molecule has 20 heavy (non-hydrogen) atoms. The Kier molecular flexibility index (Phi) is 6.30. The second kappa shape index (κ2) is 7.29. The molecule has 6 heteroatoms. The van der Waals surface area contributed by atoms with Crippen LogP contribution in [0.5, 0.6) is 0 Å². The topological polar surface area (TPSA) is 50.8 Å². The number of carbonyl (C=O) groups is 1. The van der Waals surface area contributed by atoms with Gasteiger partial charge in [0.1, 0.15) is 5.60 Å². The van der Waals surface area contributed by atoms with E-state index in [-0.39, 0.29) is 12.1 Å². The molecule has 1 fully saturated rings. The van der Waals surface area contributed by atoms with Gasteiger partial charge in [-0.1, -0.05) is 18.2 Å². The van der Waals surface area contributed by atoms with E-state index in [0.29, 0.717) is 24.7 Å². The lowest BCUT2D eigenvalue weighted by atomic mass is 10.1. The van der Waals surface area contributed by atoms with Crippen LogP contribution in [0.15, 0.2) is 11.6 Å². The number of alkyl carbamates (subject to hydrolysis) is 1. The van der Waals surface area contributed by atoms with E-state index in [2.05, 4.69) is 16.8 Å². The molecule has 0 bridgehead atoms. The zero-order valence-corrected chi connectivity index (χ0v) is 13.5. The maximum Gasteiger partial charge on any atom is 0.407 e. The van der Waals surface area contributed by atoms with Gasteiger partial charge in [-0.05, 0) is 27.7 Å². The number of nitrogens with zero attached hydrogens (tertiary/aromatic N) is 1. The minimum atomic E-state index is -0.500. The van der Waals surface area contributed by atoms with Gasteiger partial charge in [0, 0.05) is 24.7 Å². The first-order valence-corrected chi connectivity index (χ1v) is 7.22. The predicted molar refractivity (Wildman–Crippen MR) is 80.0 cm³/mol. The van der Waals surface area contributed by atoms with Gasteiger partial charge in [0.2, 0.25) is 0 Å². The molecule has 1 aliphatic heterocycles. The van der Waals surface area contributed by atoms with Gasteiger partial charge in [-0.25, -0.2) is 4.79 Å². The van der Waals surface area contributed by atoms with Crippen molar-refractivity contribution in [2.75, 3.05) is 26.2 Å². The van der Waals surface area contributed by atoms with Gasteiger partial charge < -0.3 is 14.8 Å². The second-order valence-electron chi connectivity index (χ2n) is 6.10. The number of nitrogens with one attached hydrogen (secondary N) is 1. The van der Waals surface area contributed by atoms with Crippen LogP contribution in [0.1, 0.15) is 27.7 Å². The minimum absolute atomic E-state index is 0.0766. The van der Waals surface area contributed by atoms with Crippen LogP contribution < -0.4 is 5.32 Å². The highest BCUT2D eigenvalue weighted by atomic mass is 35.5. The number of carbonyl (C=O) groups excluding carboxylic acids is 1. The van der Waals surface area contributed by atoms with Crippen molar-refractivity contribution in [1.82, 2.24) is 10.2 Å². The molecule has 0 aromatic rings. The van der Waals surface area contributed by atoms with Crippen LogP contribution in [0.2, 0.25) is 0 Å². The molecule has 0 radical (unpaired) electrons. The number of ether oxygens (including phenoxy) is 2. The molecule has 0 saturated carbocycles. The highest BCUT2D eigenvalue weighted by molar-refractivity contribution is 6.29. The zero-order valence-electron chi connectivity index (χ0n) is 12.7. The summed E-state index contributed by atoms with van der Waals surface area (Å²) < 4.78 is 10.9.